The number of imidazole rings is 1. The van der Waals surface area contributed by atoms with Crippen LogP contribution in [-0.2, 0) is 6.18 Å². The second-order valence-electron chi connectivity index (χ2n) is 8.12. The van der Waals surface area contributed by atoms with Crippen molar-refractivity contribution in [3.63, 3.8) is 0 Å². The predicted molar refractivity (Wildman–Crippen MR) is 118 cm³/mol. The first-order valence-corrected chi connectivity index (χ1v) is 10.6. The molecule has 0 unspecified atom stereocenters. The molecule has 4 rings (SSSR count). The van der Waals surface area contributed by atoms with E-state index in [2.05, 4.69) is 15.6 Å². The SMILES string of the molecule is CNc1ccccc1C(=O)N[C@H]1CC[C@@H](N(C)c2cccc3nc(C(F)(F)F)cn23)CC1. The van der Waals surface area contributed by atoms with Crippen molar-refractivity contribution < 1.29 is 18.0 Å². The summed E-state index contributed by atoms with van der Waals surface area (Å²) >= 11 is 0. The van der Waals surface area contributed by atoms with Crippen LogP contribution in [-0.4, -0.2) is 41.5 Å². The van der Waals surface area contributed by atoms with Gasteiger partial charge < -0.3 is 15.5 Å². The number of carbonyl (C=O) groups is 1. The number of nitrogens with one attached hydrogen (secondary N) is 2. The fraction of sp³-hybridized carbons (Fsp3) is 0.391. The van der Waals surface area contributed by atoms with Gasteiger partial charge in [-0.1, -0.05) is 18.2 Å². The summed E-state index contributed by atoms with van der Waals surface area (Å²) in [7, 11) is 3.68. The van der Waals surface area contributed by atoms with Crippen LogP contribution in [0.3, 0.4) is 0 Å². The normalized spacial score (nSPS) is 19.0. The van der Waals surface area contributed by atoms with E-state index in [1.807, 2.05) is 30.1 Å². The number of rotatable bonds is 5. The van der Waals surface area contributed by atoms with Crippen molar-refractivity contribution in [2.24, 2.45) is 0 Å². The number of fused-ring (bicyclic) bond motifs is 1. The minimum atomic E-state index is -4.48. The van der Waals surface area contributed by atoms with Crippen LogP contribution < -0.4 is 15.5 Å². The summed E-state index contributed by atoms with van der Waals surface area (Å²) in [6, 6.07) is 12.7. The van der Waals surface area contributed by atoms with Gasteiger partial charge in [0.25, 0.3) is 5.91 Å². The number of carbonyl (C=O) groups excluding carboxylic acids is 1. The molecule has 0 radical (unpaired) electrons. The Kier molecular flexibility index (Phi) is 5.99. The van der Waals surface area contributed by atoms with Crippen molar-refractivity contribution in [1.82, 2.24) is 14.7 Å². The topological polar surface area (TPSA) is 61.7 Å². The number of hydrogen-bond donors (Lipinski definition) is 2. The monoisotopic (exact) mass is 445 g/mol. The minimum absolute atomic E-state index is 0.0675. The molecule has 1 aliphatic carbocycles. The molecule has 1 aromatic carbocycles. The molecule has 2 N–H and O–H groups in total. The standard InChI is InChI=1S/C23H26F3N5O/c1-27-18-7-4-3-6-17(18)22(32)28-15-10-12-16(13-11-15)30(2)21-9-5-8-20-29-19(14-31(20)21)23(24,25)26/h3-9,14-16,27H,10-13H2,1-2H3,(H,28,32)/t15-,16+. The summed E-state index contributed by atoms with van der Waals surface area (Å²) in [5, 5.41) is 6.16. The number of amides is 1. The average molecular weight is 445 g/mol. The van der Waals surface area contributed by atoms with Crippen molar-refractivity contribution in [3.8, 4) is 0 Å². The zero-order valence-electron chi connectivity index (χ0n) is 18.0. The zero-order chi connectivity index (χ0) is 22.9. The van der Waals surface area contributed by atoms with Crippen molar-refractivity contribution in [2.45, 2.75) is 43.9 Å². The molecule has 1 amide bonds. The Balaban J connectivity index is 1.42. The summed E-state index contributed by atoms with van der Waals surface area (Å²) in [6.07, 6.45) is -0.179. The molecule has 1 saturated carbocycles. The average Bonchev–Trinajstić information content (AvgIpc) is 3.24. The molecule has 3 aromatic rings. The highest BCUT2D eigenvalue weighted by molar-refractivity contribution is 5.99. The van der Waals surface area contributed by atoms with Crippen LogP contribution in [0.1, 0.15) is 41.7 Å². The van der Waals surface area contributed by atoms with E-state index in [9.17, 15) is 18.0 Å². The van der Waals surface area contributed by atoms with Gasteiger partial charge in [0, 0.05) is 38.1 Å². The highest BCUT2D eigenvalue weighted by Gasteiger charge is 2.34. The maximum Gasteiger partial charge on any atom is 0.434 e. The molecule has 1 aliphatic rings. The highest BCUT2D eigenvalue weighted by atomic mass is 19.4. The van der Waals surface area contributed by atoms with Crippen molar-refractivity contribution >= 4 is 23.1 Å². The second-order valence-corrected chi connectivity index (χ2v) is 8.12. The molecule has 9 heteroatoms. The Morgan fingerprint density at radius 2 is 1.81 bits per heavy atom. The molecule has 1 fully saturated rings. The Morgan fingerprint density at radius 3 is 2.50 bits per heavy atom. The lowest BCUT2D eigenvalue weighted by molar-refractivity contribution is -0.140. The van der Waals surface area contributed by atoms with Gasteiger partial charge in [0.05, 0.1) is 5.56 Å². The number of anilines is 2. The Morgan fingerprint density at radius 1 is 1.09 bits per heavy atom. The van der Waals surface area contributed by atoms with Crippen molar-refractivity contribution in [3.05, 3.63) is 59.9 Å². The number of benzene rings is 1. The van der Waals surface area contributed by atoms with E-state index in [0.717, 1.165) is 37.6 Å². The van der Waals surface area contributed by atoms with Crippen LogP contribution >= 0.6 is 0 Å². The van der Waals surface area contributed by atoms with E-state index in [0.29, 0.717) is 11.4 Å². The van der Waals surface area contributed by atoms with Gasteiger partial charge in [-0.25, -0.2) is 4.98 Å². The van der Waals surface area contributed by atoms with Gasteiger partial charge in [-0.2, -0.15) is 13.2 Å². The molecular weight excluding hydrogens is 419 g/mol. The summed E-state index contributed by atoms with van der Waals surface area (Å²) in [5.74, 6) is 0.565. The third-order valence-electron chi connectivity index (χ3n) is 6.14. The van der Waals surface area contributed by atoms with Crippen LogP contribution in [0.15, 0.2) is 48.7 Å². The van der Waals surface area contributed by atoms with Gasteiger partial charge in [-0.05, 0) is 49.9 Å². The van der Waals surface area contributed by atoms with E-state index in [4.69, 9.17) is 0 Å². The van der Waals surface area contributed by atoms with Crippen LogP contribution in [0.4, 0.5) is 24.7 Å². The number of aromatic nitrogens is 2. The quantitative estimate of drug-likeness (QED) is 0.604. The van der Waals surface area contributed by atoms with Crippen molar-refractivity contribution in [2.75, 3.05) is 24.3 Å². The van der Waals surface area contributed by atoms with Gasteiger partial charge in [-0.3, -0.25) is 9.20 Å². The molecule has 2 heterocycles. The molecule has 0 spiro atoms. The number of halogens is 3. The van der Waals surface area contributed by atoms with E-state index in [1.54, 1.807) is 31.3 Å². The first-order valence-electron chi connectivity index (χ1n) is 10.6. The van der Waals surface area contributed by atoms with Crippen LogP contribution in [0.2, 0.25) is 0 Å². The summed E-state index contributed by atoms with van der Waals surface area (Å²) in [4.78, 5) is 18.4. The molecule has 32 heavy (non-hydrogen) atoms. The van der Waals surface area contributed by atoms with Crippen LogP contribution in [0, 0.1) is 0 Å². The molecule has 0 saturated heterocycles. The van der Waals surface area contributed by atoms with Gasteiger partial charge in [-0.15, -0.1) is 0 Å². The Hall–Kier alpha value is -3.23. The van der Waals surface area contributed by atoms with Crippen LogP contribution in [0.5, 0.6) is 0 Å². The second kappa shape index (κ2) is 8.72. The molecular formula is C23H26F3N5O. The largest absolute Gasteiger partial charge is 0.434 e. The predicted octanol–water partition coefficient (Wildman–Crippen LogP) is 4.57. The molecule has 0 bridgehead atoms. The van der Waals surface area contributed by atoms with E-state index in [-0.39, 0.29) is 23.6 Å². The van der Waals surface area contributed by atoms with E-state index >= 15 is 0 Å². The lowest BCUT2D eigenvalue weighted by Gasteiger charge is -2.36. The highest BCUT2D eigenvalue weighted by Crippen LogP contribution is 2.32. The third-order valence-corrected chi connectivity index (χ3v) is 6.14. The third kappa shape index (κ3) is 4.37. The van der Waals surface area contributed by atoms with E-state index in [1.165, 1.54) is 4.40 Å². The molecule has 170 valence electrons. The number of nitrogens with zero attached hydrogens (tertiary/aromatic N) is 3. The molecule has 6 nitrogen and oxygen atoms in total. The zero-order valence-corrected chi connectivity index (χ0v) is 18.0. The van der Waals surface area contributed by atoms with Gasteiger partial charge >= 0.3 is 6.18 Å². The first kappa shape index (κ1) is 22.0. The van der Waals surface area contributed by atoms with Crippen LogP contribution in [0.25, 0.3) is 5.65 Å². The van der Waals surface area contributed by atoms with E-state index < -0.39 is 11.9 Å². The Bertz CT molecular complexity index is 1100. The molecule has 0 atom stereocenters. The van der Waals surface area contributed by atoms with Gasteiger partial charge in [0.1, 0.15) is 11.5 Å². The van der Waals surface area contributed by atoms with Crippen molar-refractivity contribution in [1.29, 1.82) is 0 Å². The Labute approximate surface area is 184 Å². The summed E-state index contributed by atoms with van der Waals surface area (Å²) in [6.45, 7) is 0. The number of alkyl halides is 3. The molecule has 0 aliphatic heterocycles. The fourth-order valence-corrected chi connectivity index (χ4v) is 4.38. The minimum Gasteiger partial charge on any atom is -0.387 e. The van der Waals surface area contributed by atoms with Gasteiger partial charge in [0.2, 0.25) is 0 Å². The summed E-state index contributed by atoms with van der Waals surface area (Å²) in [5.41, 5.74) is 0.768. The number of pyridine rings is 1. The maximum atomic E-state index is 13.1. The lowest BCUT2D eigenvalue weighted by Crippen LogP contribution is -2.43. The maximum absolute atomic E-state index is 13.1. The number of hydrogen-bond acceptors (Lipinski definition) is 4. The lowest BCUT2D eigenvalue weighted by atomic mass is 9.90. The summed E-state index contributed by atoms with van der Waals surface area (Å²) < 4.78 is 40.8. The molecule has 2 aromatic heterocycles. The first-order chi connectivity index (χ1) is 15.3. The van der Waals surface area contributed by atoms with Gasteiger partial charge in [0.15, 0.2) is 5.69 Å². The number of para-hydroxylation sites is 1. The smallest absolute Gasteiger partial charge is 0.387 e. The fourth-order valence-electron chi connectivity index (χ4n) is 4.38.